The molecule has 1 aliphatic heterocycles. The highest BCUT2D eigenvalue weighted by molar-refractivity contribution is 5.15. The molecular formula is C18H22N2O2. The van der Waals surface area contributed by atoms with Gasteiger partial charge in [-0.2, -0.15) is 5.26 Å². The third kappa shape index (κ3) is 4.73. The first-order valence-electron chi connectivity index (χ1n) is 7.52. The second kappa shape index (κ2) is 8.38. The highest BCUT2D eigenvalue weighted by Gasteiger charge is 2.25. The molecule has 0 radical (unpaired) electrons. The topological polar surface area (TPSA) is 54.3 Å². The molecule has 1 aromatic rings. The van der Waals surface area contributed by atoms with E-state index in [1.807, 2.05) is 62.4 Å². The predicted octanol–water partition coefficient (Wildman–Crippen LogP) is 3.14. The summed E-state index contributed by atoms with van der Waals surface area (Å²) in [5.41, 5.74) is 1.16. The Morgan fingerprint density at radius 2 is 2.05 bits per heavy atom. The molecule has 0 aliphatic carbocycles. The summed E-state index contributed by atoms with van der Waals surface area (Å²) in [7, 11) is 0. The monoisotopic (exact) mass is 298 g/mol. The van der Waals surface area contributed by atoms with Crippen LogP contribution in [0.1, 0.15) is 19.4 Å². The molecule has 116 valence electrons. The number of benzene rings is 1. The maximum absolute atomic E-state index is 9.40. The average molecular weight is 298 g/mol. The molecule has 4 heteroatoms. The largest absolute Gasteiger partial charge is 0.469 e. The van der Waals surface area contributed by atoms with Crippen LogP contribution in [-0.2, 0) is 16.0 Å². The van der Waals surface area contributed by atoms with Gasteiger partial charge in [-0.1, -0.05) is 43.3 Å². The zero-order chi connectivity index (χ0) is 15.8. The highest BCUT2D eigenvalue weighted by atomic mass is 16.7. The molecule has 0 saturated heterocycles. The Kier molecular flexibility index (Phi) is 6.20. The molecule has 1 aliphatic rings. The number of rotatable bonds is 7. The second-order valence-electron chi connectivity index (χ2n) is 5.39. The summed E-state index contributed by atoms with van der Waals surface area (Å²) < 4.78 is 11.2. The minimum absolute atomic E-state index is 0.0385. The summed E-state index contributed by atoms with van der Waals surface area (Å²) in [5, 5.41) is 12.7. The average Bonchev–Trinajstić information content (AvgIpc) is 2.57. The number of nitrogens with one attached hydrogen (secondary N) is 1. The van der Waals surface area contributed by atoms with Crippen molar-refractivity contribution < 1.29 is 9.47 Å². The van der Waals surface area contributed by atoms with Gasteiger partial charge in [0.05, 0.1) is 18.4 Å². The number of hydrogen-bond donors (Lipinski definition) is 1. The molecule has 1 heterocycles. The van der Waals surface area contributed by atoms with Crippen LogP contribution in [0.4, 0.5) is 0 Å². The standard InChI is InChI=1S/C18H22N2O2/c1-14(15(2)22-18-10-6-7-11-21-18)17(12-19)20-13-16-8-4-3-5-9-16/h3-11,14-15,17-18,20H,13H2,1-2H3/t14?,15-,17?,18+/m0/s1. The molecule has 0 amide bonds. The van der Waals surface area contributed by atoms with Gasteiger partial charge in [0.15, 0.2) is 0 Å². The van der Waals surface area contributed by atoms with E-state index in [9.17, 15) is 5.26 Å². The summed E-state index contributed by atoms with van der Waals surface area (Å²) in [6.07, 6.45) is 6.68. The lowest BCUT2D eigenvalue weighted by molar-refractivity contribution is -0.123. The quantitative estimate of drug-likeness (QED) is 0.840. The Labute approximate surface area is 132 Å². The van der Waals surface area contributed by atoms with Crippen LogP contribution in [-0.4, -0.2) is 18.4 Å². The van der Waals surface area contributed by atoms with Gasteiger partial charge in [-0.3, -0.25) is 5.32 Å². The molecule has 4 nitrogen and oxygen atoms in total. The number of nitrogens with zero attached hydrogens (tertiary/aromatic N) is 1. The molecule has 0 aromatic heterocycles. The van der Waals surface area contributed by atoms with Crippen molar-refractivity contribution in [1.29, 1.82) is 5.26 Å². The fraction of sp³-hybridized carbons (Fsp3) is 0.389. The van der Waals surface area contributed by atoms with Crippen LogP contribution in [0.5, 0.6) is 0 Å². The Morgan fingerprint density at radius 1 is 1.27 bits per heavy atom. The number of hydrogen-bond acceptors (Lipinski definition) is 4. The Balaban J connectivity index is 1.85. The number of ether oxygens (including phenoxy) is 2. The predicted molar refractivity (Wildman–Crippen MR) is 85.5 cm³/mol. The third-order valence-electron chi connectivity index (χ3n) is 3.79. The van der Waals surface area contributed by atoms with Gasteiger partial charge in [0, 0.05) is 12.5 Å². The van der Waals surface area contributed by atoms with E-state index in [0.717, 1.165) is 5.56 Å². The van der Waals surface area contributed by atoms with Gasteiger partial charge in [0.2, 0.25) is 6.29 Å². The normalized spacial score (nSPS) is 20.7. The highest BCUT2D eigenvalue weighted by Crippen LogP contribution is 2.16. The van der Waals surface area contributed by atoms with Gasteiger partial charge in [-0.25, -0.2) is 0 Å². The first-order valence-corrected chi connectivity index (χ1v) is 7.52. The Hall–Kier alpha value is -2.09. The SMILES string of the molecule is CC(C(C#N)NCc1ccccc1)[C@H](C)O[C@@H]1C=CC=CO1. The van der Waals surface area contributed by atoms with Gasteiger partial charge in [-0.05, 0) is 24.6 Å². The van der Waals surface area contributed by atoms with E-state index in [1.54, 1.807) is 6.26 Å². The van der Waals surface area contributed by atoms with Crippen molar-refractivity contribution >= 4 is 0 Å². The zero-order valence-corrected chi connectivity index (χ0v) is 13.0. The van der Waals surface area contributed by atoms with Crippen molar-refractivity contribution in [3.63, 3.8) is 0 Å². The Bertz CT molecular complexity index is 548. The third-order valence-corrected chi connectivity index (χ3v) is 3.79. The smallest absolute Gasteiger partial charge is 0.219 e. The van der Waals surface area contributed by atoms with Crippen molar-refractivity contribution in [3.8, 4) is 6.07 Å². The van der Waals surface area contributed by atoms with E-state index in [2.05, 4.69) is 11.4 Å². The Morgan fingerprint density at radius 3 is 2.68 bits per heavy atom. The maximum atomic E-state index is 9.40. The number of nitriles is 1. The molecule has 2 unspecified atom stereocenters. The molecule has 2 rings (SSSR count). The van der Waals surface area contributed by atoms with Crippen LogP contribution in [0.25, 0.3) is 0 Å². The van der Waals surface area contributed by atoms with E-state index in [0.29, 0.717) is 6.54 Å². The molecule has 1 N–H and O–H groups in total. The summed E-state index contributed by atoms with van der Waals surface area (Å²) in [6.45, 7) is 4.65. The van der Waals surface area contributed by atoms with E-state index in [-0.39, 0.29) is 24.4 Å². The second-order valence-corrected chi connectivity index (χ2v) is 5.39. The van der Waals surface area contributed by atoms with Crippen molar-refractivity contribution in [1.82, 2.24) is 5.32 Å². The molecule has 0 saturated carbocycles. The zero-order valence-electron chi connectivity index (χ0n) is 13.0. The molecule has 0 spiro atoms. The lowest BCUT2D eigenvalue weighted by atomic mass is 9.97. The van der Waals surface area contributed by atoms with E-state index >= 15 is 0 Å². The molecule has 4 atom stereocenters. The van der Waals surface area contributed by atoms with Crippen LogP contribution in [0, 0.1) is 17.2 Å². The van der Waals surface area contributed by atoms with Gasteiger partial charge < -0.3 is 9.47 Å². The van der Waals surface area contributed by atoms with Crippen LogP contribution >= 0.6 is 0 Å². The minimum Gasteiger partial charge on any atom is -0.469 e. The molecular weight excluding hydrogens is 276 g/mol. The van der Waals surface area contributed by atoms with Gasteiger partial charge >= 0.3 is 0 Å². The van der Waals surface area contributed by atoms with Gasteiger partial charge in [0.25, 0.3) is 0 Å². The fourth-order valence-corrected chi connectivity index (χ4v) is 2.23. The summed E-state index contributed by atoms with van der Waals surface area (Å²) in [4.78, 5) is 0. The summed E-state index contributed by atoms with van der Waals surface area (Å²) >= 11 is 0. The molecule has 0 fully saturated rings. The van der Waals surface area contributed by atoms with Crippen molar-refractivity contribution in [2.24, 2.45) is 5.92 Å². The molecule has 0 bridgehead atoms. The van der Waals surface area contributed by atoms with Crippen molar-refractivity contribution in [3.05, 3.63) is 60.4 Å². The first-order chi connectivity index (χ1) is 10.7. The summed E-state index contributed by atoms with van der Waals surface area (Å²) in [6, 6.07) is 12.1. The van der Waals surface area contributed by atoms with E-state index in [1.165, 1.54) is 0 Å². The molecule has 22 heavy (non-hydrogen) atoms. The lowest BCUT2D eigenvalue weighted by Gasteiger charge is -2.28. The fourth-order valence-electron chi connectivity index (χ4n) is 2.23. The van der Waals surface area contributed by atoms with Gasteiger partial charge in [0.1, 0.15) is 6.04 Å². The van der Waals surface area contributed by atoms with Crippen LogP contribution < -0.4 is 5.32 Å². The minimum atomic E-state index is -0.379. The van der Waals surface area contributed by atoms with Crippen molar-refractivity contribution in [2.45, 2.75) is 38.8 Å². The molecule has 1 aromatic carbocycles. The van der Waals surface area contributed by atoms with E-state index < -0.39 is 0 Å². The van der Waals surface area contributed by atoms with Crippen LogP contribution in [0.3, 0.4) is 0 Å². The van der Waals surface area contributed by atoms with Crippen molar-refractivity contribution in [2.75, 3.05) is 0 Å². The van der Waals surface area contributed by atoms with Crippen LogP contribution in [0.2, 0.25) is 0 Å². The van der Waals surface area contributed by atoms with Gasteiger partial charge in [-0.15, -0.1) is 0 Å². The maximum Gasteiger partial charge on any atom is 0.219 e. The summed E-state index contributed by atoms with van der Waals surface area (Å²) in [5.74, 6) is 0.0385. The van der Waals surface area contributed by atoms with Crippen LogP contribution in [0.15, 0.2) is 54.8 Å². The first kappa shape index (κ1) is 16.3. The lowest BCUT2D eigenvalue weighted by Crippen LogP contribution is -2.40. The number of allylic oxidation sites excluding steroid dienone is 2. The van der Waals surface area contributed by atoms with E-state index in [4.69, 9.17) is 9.47 Å².